The lowest BCUT2D eigenvalue weighted by atomic mass is 9.98. The highest BCUT2D eigenvalue weighted by Crippen LogP contribution is 2.35. The van der Waals surface area contributed by atoms with Crippen molar-refractivity contribution >= 4 is 22.9 Å². The molecule has 2 fully saturated rings. The van der Waals surface area contributed by atoms with Crippen molar-refractivity contribution in [1.82, 2.24) is 24.8 Å². The van der Waals surface area contributed by atoms with Crippen molar-refractivity contribution in [2.24, 2.45) is 0 Å². The Labute approximate surface area is 174 Å². The lowest BCUT2D eigenvalue weighted by molar-refractivity contribution is -0.142. The Balaban J connectivity index is 1.46. The van der Waals surface area contributed by atoms with Gasteiger partial charge in [-0.3, -0.25) is 4.79 Å². The average molecular weight is 435 g/mol. The number of aromatic nitrogens is 3. The van der Waals surface area contributed by atoms with Crippen LogP contribution >= 0.6 is 11.3 Å². The molecule has 2 atom stereocenters. The van der Waals surface area contributed by atoms with Crippen molar-refractivity contribution in [3.8, 4) is 10.6 Å². The van der Waals surface area contributed by atoms with E-state index >= 15 is 0 Å². The van der Waals surface area contributed by atoms with E-state index < -0.39 is 17.8 Å². The van der Waals surface area contributed by atoms with Gasteiger partial charge in [-0.1, -0.05) is 6.07 Å². The van der Waals surface area contributed by atoms with Crippen LogP contribution in [0.25, 0.3) is 16.2 Å². The van der Waals surface area contributed by atoms with Gasteiger partial charge in [-0.2, -0.15) is 18.3 Å². The molecule has 158 valence electrons. The fourth-order valence-corrected chi connectivity index (χ4v) is 5.31. The number of rotatable bonds is 3. The number of nitrogens with zero attached hydrogens (tertiary/aromatic N) is 4. The average Bonchev–Trinajstić information content (AvgIpc) is 3.39. The summed E-state index contributed by atoms with van der Waals surface area (Å²) >= 11 is 1.30. The molecule has 2 aliphatic heterocycles. The fourth-order valence-electron chi connectivity index (χ4n) is 4.63. The molecule has 5 rings (SSSR count). The number of carbonyl (C=O) groups excluding carboxylic acids is 1. The first-order chi connectivity index (χ1) is 14.3. The van der Waals surface area contributed by atoms with Gasteiger partial charge in [-0.25, -0.2) is 9.50 Å². The van der Waals surface area contributed by atoms with Crippen molar-refractivity contribution in [1.29, 1.82) is 0 Å². The third-order valence-electron chi connectivity index (χ3n) is 6.16. The molecule has 3 aromatic heterocycles. The van der Waals surface area contributed by atoms with Crippen molar-refractivity contribution in [3.05, 3.63) is 41.0 Å². The fraction of sp³-hybridized carbons (Fsp3) is 0.450. The molecule has 2 aliphatic rings. The summed E-state index contributed by atoms with van der Waals surface area (Å²) in [6, 6.07) is 6.66. The van der Waals surface area contributed by atoms with Crippen molar-refractivity contribution in [2.75, 3.05) is 7.05 Å². The van der Waals surface area contributed by atoms with Gasteiger partial charge in [-0.05, 0) is 50.2 Å². The molecule has 0 saturated carbocycles. The van der Waals surface area contributed by atoms with E-state index in [9.17, 15) is 18.0 Å². The summed E-state index contributed by atoms with van der Waals surface area (Å²) in [4.78, 5) is 20.1. The molecule has 0 radical (unpaired) electrons. The Bertz CT molecular complexity index is 1080. The zero-order valence-electron chi connectivity index (χ0n) is 16.2. The number of alkyl halides is 3. The first kappa shape index (κ1) is 19.5. The summed E-state index contributed by atoms with van der Waals surface area (Å²) in [6.07, 6.45) is -0.694. The van der Waals surface area contributed by atoms with Gasteiger partial charge in [0.1, 0.15) is 0 Å². The van der Waals surface area contributed by atoms with Gasteiger partial charge in [0, 0.05) is 24.2 Å². The summed E-state index contributed by atoms with van der Waals surface area (Å²) in [7, 11) is 2.11. The standard InChI is InChI=1S/C20H20F3N5OS/c1-27-12-4-5-13(27)8-11(7-12)24-19(29)15-10-18-25-14(16-3-2-6-30-16)9-17(20(21,22)23)28(18)26-15/h2-3,6,9-13H,4-5,7-8H2,1H3,(H,24,29). The van der Waals surface area contributed by atoms with Crippen LogP contribution in [0.15, 0.2) is 29.6 Å². The number of halogens is 3. The molecule has 2 saturated heterocycles. The summed E-state index contributed by atoms with van der Waals surface area (Å²) in [5, 5.41) is 8.70. The van der Waals surface area contributed by atoms with E-state index in [0.29, 0.717) is 21.5 Å². The molecule has 0 spiro atoms. The minimum Gasteiger partial charge on any atom is -0.348 e. The molecule has 1 amide bonds. The summed E-state index contributed by atoms with van der Waals surface area (Å²) < 4.78 is 41.7. The first-order valence-corrected chi connectivity index (χ1v) is 10.7. The minimum atomic E-state index is -4.62. The van der Waals surface area contributed by atoms with E-state index in [1.807, 2.05) is 0 Å². The summed E-state index contributed by atoms with van der Waals surface area (Å²) in [6.45, 7) is 0. The lowest BCUT2D eigenvalue weighted by Crippen LogP contribution is -2.48. The molecule has 2 unspecified atom stereocenters. The lowest BCUT2D eigenvalue weighted by Gasteiger charge is -2.36. The summed E-state index contributed by atoms with van der Waals surface area (Å²) in [5.41, 5.74) is -0.791. The molecule has 6 nitrogen and oxygen atoms in total. The highest BCUT2D eigenvalue weighted by molar-refractivity contribution is 7.13. The van der Waals surface area contributed by atoms with E-state index in [-0.39, 0.29) is 23.1 Å². The highest BCUT2D eigenvalue weighted by atomic mass is 32.1. The Morgan fingerprint density at radius 2 is 1.97 bits per heavy atom. The minimum absolute atomic E-state index is 0.00169. The largest absolute Gasteiger partial charge is 0.433 e. The Hall–Kier alpha value is -2.46. The van der Waals surface area contributed by atoms with Crippen molar-refractivity contribution in [3.63, 3.8) is 0 Å². The van der Waals surface area contributed by atoms with Gasteiger partial charge < -0.3 is 10.2 Å². The summed E-state index contributed by atoms with van der Waals surface area (Å²) in [5.74, 6) is -0.458. The number of piperidine rings is 1. The number of hydrogen-bond donors (Lipinski definition) is 1. The Morgan fingerprint density at radius 1 is 1.23 bits per heavy atom. The van der Waals surface area contributed by atoms with E-state index in [1.165, 1.54) is 17.4 Å². The van der Waals surface area contributed by atoms with E-state index in [4.69, 9.17) is 0 Å². The van der Waals surface area contributed by atoms with Gasteiger partial charge in [0.15, 0.2) is 17.0 Å². The van der Waals surface area contributed by atoms with Crippen LogP contribution in [0.3, 0.4) is 0 Å². The van der Waals surface area contributed by atoms with E-state index in [1.54, 1.807) is 17.5 Å². The molecular weight excluding hydrogens is 415 g/mol. The van der Waals surface area contributed by atoms with Crippen LogP contribution in [0.1, 0.15) is 41.9 Å². The second kappa shape index (κ2) is 7.05. The monoisotopic (exact) mass is 435 g/mol. The molecule has 2 bridgehead atoms. The third-order valence-corrected chi connectivity index (χ3v) is 7.05. The van der Waals surface area contributed by atoms with Crippen LogP contribution in [0.4, 0.5) is 13.2 Å². The quantitative estimate of drug-likeness (QED) is 0.679. The van der Waals surface area contributed by atoms with Crippen LogP contribution < -0.4 is 5.32 Å². The van der Waals surface area contributed by atoms with Gasteiger partial charge in [0.05, 0.1) is 10.6 Å². The molecule has 5 heterocycles. The van der Waals surface area contributed by atoms with Crippen LogP contribution in [0.5, 0.6) is 0 Å². The van der Waals surface area contributed by atoms with Gasteiger partial charge in [0.2, 0.25) is 0 Å². The maximum Gasteiger partial charge on any atom is 0.433 e. The number of fused-ring (bicyclic) bond motifs is 3. The Morgan fingerprint density at radius 3 is 2.60 bits per heavy atom. The third kappa shape index (κ3) is 3.37. The zero-order valence-corrected chi connectivity index (χ0v) is 17.0. The van der Waals surface area contributed by atoms with Gasteiger partial charge in [-0.15, -0.1) is 11.3 Å². The molecule has 0 aromatic carbocycles. The molecule has 30 heavy (non-hydrogen) atoms. The predicted octanol–water partition coefficient (Wildman–Crippen LogP) is 3.83. The maximum absolute atomic E-state index is 13.7. The van der Waals surface area contributed by atoms with Crippen LogP contribution in [0.2, 0.25) is 0 Å². The number of amides is 1. The smallest absolute Gasteiger partial charge is 0.348 e. The van der Waals surface area contributed by atoms with Gasteiger partial charge in [0.25, 0.3) is 5.91 Å². The van der Waals surface area contributed by atoms with Crippen molar-refractivity contribution < 1.29 is 18.0 Å². The van der Waals surface area contributed by atoms with Crippen LogP contribution in [-0.2, 0) is 6.18 Å². The molecule has 3 aromatic rings. The van der Waals surface area contributed by atoms with E-state index in [2.05, 4.69) is 27.3 Å². The number of hydrogen-bond acceptors (Lipinski definition) is 5. The van der Waals surface area contributed by atoms with Crippen LogP contribution in [-0.4, -0.2) is 50.6 Å². The second-order valence-corrected chi connectivity index (χ2v) is 8.94. The predicted molar refractivity (Wildman–Crippen MR) is 106 cm³/mol. The molecule has 0 aliphatic carbocycles. The maximum atomic E-state index is 13.7. The number of nitrogens with one attached hydrogen (secondary N) is 1. The number of carbonyl (C=O) groups is 1. The van der Waals surface area contributed by atoms with Crippen molar-refractivity contribution in [2.45, 2.75) is 50.0 Å². The second-order valence-electron chi connectivity index (χ2n) is 7.99. The Kier molecular flexibility index (Phi) is 4.59. The molecular formula is C20H20F3N5OS. The van der Waals surface area contributed by atoms with Gasteiger partial charge >= 0.3 is 6.18 Å². The molecule has 1 N–H and O–H groups in total. The molecule has 10 heteroatoms. The normalized spacial score (nSPS) is 24.5. The zero-order chi connectivity index (χ0) is 21.0. The SMILES string of the molecule is CN1C2CCC1CC(NC(=O)c1cc3nc(-c4cccs4)cc(C(F)(F)F)n3n1)C2. The van der Waals surface area contributed by atoms with E-state index in [0.717, 1.165) is 31.7 Å². The van der Waals surface area contributed by atoms with Crippen LogP contribution in [0, 0.1) is 0 Å². The number of thiophene rings is 1. The first-order valence-electron chi connectivity index (χ1n) is 9.84. The topological polar surface area (TPSA) is 62.5 Å². The highest BCUT2D eigenvalue weighted by Gasteiger charge is 2.39.